The average molecular weight is 329 g/mol. The van der Waals surface area contributed by atoms with Gasteiger partial charge in [-0.05, 0) is 30.3 Å². The summed E-state index contributed by atoms with van der Waals surface area (Å²) in [7, 11) is 1.56. The number of anilines is 1. The van der Waals surface area contributed by atoms with Crippen LogP contribution in [-0.2, 0) is 4.74 Å². The third-order valence-electron chi connectivity index (χ3n) is 3.22. The lowest BCUT2D eigenvalue weighted by molar-refractivity contribution is 0.101. The van der Waals surface area contributed by atoms with E-state index in [1.54, 1.807) is 43.6 Å². The number of amides is 1. The first-order valence-electron chi connectivity index (χ1n) is 7.18. The minimum atomic E-state index is -0.547. The van der Waals surface area contributed by atoms with Crippen LogP contribution in [0, 0.1) is 0 Å². The van der Waals surface area contributed by atoms with Crippen molar-refractivity contribution < 1.29 is 18.7 Å². The van der Waals surface area contributed by atoms with Crippen molar-refractivity contribution in [3.63, 3.8) is 0 Å². The van der Waals surface area contributed by atoms with E-state index in [0.29, 0.717) is 29.0 Å². The minimum absolute atomic E-state index is 0.227. The highest BCUT2D eigenvalue weighted by Gasteiger charge is 2.14. The van der Waals surface area contributed by atoms with E-state index < -0.39 is 5.76 Å². The van der Waals surface area contributed by atoms with Crippen molar-refractivity contribution in [1.82, 2.24) is 9.97 Å². The predicted molar refractivity (Wildman–Crippen MR) is 86.4 cm³/mol. The van der Waals surface area contributed by atoms with Gasteiger partial charge in [-0.1, -0.05) is 0 Å². The van der Waals surface area contributed by atoms with Crippen molar-refractivity contribution in [2.45, 2.75) is 0 Å². The zero-order chi connectivity index (χ0) is 16.9. The highest BCUT2D eigenvalue weighted by atomic mass is 16.5. The Morgan fingerprint density at radius 3 is 3.04 bits per heavy atom. The SMILES string of the molecule is COCCOc1ncccc1C(=O)Nc1ccc2oc(=O)[nH]c2c1. The third kappa shape index (κ3) is 3.44. The quantitative estimate of drug-likeness (QED) is 0.668. The summed E-state index contributed by atoms with van der Waals surface area (Å²) in [5.74, 6) is -0.694. The first kappa shape index (κ1) is 15.8. The fraction of sp³-hybridized carbons (Fsp3) is 0.188. The molecule has 0 unspecified atom stereocenters. The van der Waals surface area contributed by atoms with E-state index in [0.717, 1.165) is 0 Å². The summed E-state index contributed by atoms with van der Waals surface area (Å²) in [5, 5.41) is 2.74. The molecule has 0 atom stereocenters. The average Bonchev–Trinajstić information content (AvgIpc) is 2.95. The Balaban J connectivity index is 1.79. The second kappa shape index (κ2) is 6.97. The van der Waals surface area contributed by atoms with E-state index in [-0.39, 0.29) is 18.4 Å². The van der Waals surface area contributed by atoms with Crippen LogP contribution in [0.15, 0.2) is 45.7 Å². The number of aromatic amines is 1. The number of rotatable bonds is 6. The van der Waals surface area contributed by atoms with Gasteiger partial charge in [-0.2, -0.15) is 0 Å². The van der Waals surface area contributed by atoms with E-state index in [4.69, 9.17) is 13.9 Å². The van der Waals surface area contributed by atoms with Crippen LogP contribution in [0.1, 0.15) is 10.4 Å². The fourth-order valence-corrected chi connectivity index (χ4v) is 2.13. The van der Waals surface area contributed by atoms with Gasteiger partial charge in [0.15, 0.2) is 5.58 Å². The van der Waals surface area contributed by atoms with E-state index in [1.165, 1.54) is 0 Å². The number of H-pyrrole nitrogens is 1. The van der Waals surface area contributed by atoms with Crippen molar-refractivity contribution in [3.05, 3.63) is 52.6 Å². The zero-order valence-corrected chi connectivity index (χ0v) is 12.9. The summed E-state index contributed by atoms with van der Waals surface area (Å²) in [4.78, 5) is 30.2. The van der Waals surface area contributed by atoms with Gasteiger partial charge in [0.05, 0.1) is 12.1 Å². The molecular weight excluding hydrogens is 314 g/mol. The molecule has 2 heterocycles. The van der Waals surface area contributed by atoms with Crippen LogP contribution in [0.25, 0.3) is 11.1 Å². The molecule has 3 rings (SSSR count). The maximum atomic E-state index is 12.5. The normalized spacial score (nSPS) is 10.7. The topological polar surface area (TPSA) is 106 Å². The Labute approximate surface area is 136 Å². The molecule has 24 heavy (non-hydrogen) atoms. The molecule has 0 radical (unpaired) electrons. The maximum Gasteiger partial charge on any atom is 0.417 e. The summed E-state index contributed by atoms with van der Waals surface area (Å²) in [5.41, 5.74) is 1.73. The number of hydrogen-bond donors (Lipinski definition) is 2. The number of methoxy groups -OCH3 is 1. The molecule has 124 valence electrons. The number of ether oxygens (including phenoxy) is 2. The number of aromatic nitrogens is 2. The molecular formula is C16H15N3O5. The molecule has 8 heteroatoms. The number of fused-ring (bicyclic) bond motifs is 1. The largest absolute Gasteiger partial charge is 0.475 e. The first-order chi connectivity index (χ1) is 11.7. The molecule has 8 nitrogen and oxygen atoms in total. The van der Waals surface area contributed by atoms with Gasteiger partial charge < -0.3 is 19.2 Å². The van der Waals surface area contributed by atoms with Crippen LogP contribution in [0.5, 0.6) is 5.88 Å². The van der Waals surface area contributed by atoms with Crippen LogP contribution in [-0.4, -0.2) is 36.2 Å². The second-order valence-corrected chi connectivity index (χ2v) is 4.88. The van der Waals surface area contributed by atoms with E-state index in [1.807, 2.05) is 0 Å². The van der Waals surface area contributed by atoms with Gasteiger partial charge in [-0.15, -0.1) is 0 Å². The highest BCUT2D eigenvalue weighted by molar-refractivity contribution is 6.06. The van der Waals surface area contributed by atoms with Crippen LogP contribution in [0.3, 0.4) is 0 Å². The van der Waals surface area contributed by atoms with Gasteiger partial charge in [0.25, 0.3) is 5.91 Å². The Bertz CT molecular complexity index is 915. The van der Waals surface area contributed by atoms with Gasteiger partial charge >= 0.3 is 5.76 Å². The highest BCUT2D eigenvalue weighted by Crippen LogP contribution is 2.19. The second-order valence-electron chi connectivity index (χ2n) is 4.88. The van der Waals surface area contributed by atoms with Gasteiger partial charge in [0, 0.05) is 19.0 Å². The Hall–Kier alpha value is -3.13. The van der Waals surface area contributed by atoms with Crippen molar-refractivity contribution >= 4 is 22.7 Å². The Morgan fingerprint density at radius 2 is 2.21 bits per heavy atom. The molecule has 1 aromatic carbocycles. The third-order valence-corrected chi connectivity index (χ3v) is 3.22. The monoisotopic (exact) mass is 329 g/mol. The molecule has 2 aromatic heterocycles. The number of pyridine rings is 1. The summed E-state index contributed by atoms with van der Waals surface area (Å²) in [6.45, 7) is 0.679. The Morgan fingerprint density at radius 1 is 1.33 bits per heavy atom. The molecule has 0 aliphatic carbocycles. The number of hydrogen-bond acceptors (Lipinski definition) is 6. The van der Waals surface area contributed by atoms with Crippen molar-refractivity contribution in [1.29, 1.82) is 0 Å². The van der Waals surface area contributed by atoms with Gasteiger partial charge in [-0.25, -0.2) is 9.78 Å². The number of benzene rings is 1. The fourth-order valence-electron chi connectivity index (χ4n) is 2.13. The number of nitrogens with zero attached hydrogens (tertiary/aromatic N) is 1. The molecule has 0 fully saturated rings. The van der Waals surface area contributed by atoms with Crippen LogP contribution in [0.4, 0.5) is 5.69 Å². The number of carbonyl (C=O) groups is 1. The minimum Gasteiger partial charge on any atom is -0.475 e. The van der Waals surface area contributed by atoms with E-state index in [2.05, 4.69) is 15.3 Å². The van der Waals surface area contributed by atoms with Crippen molar-refractivity contribution in [2.75, 3.05) is 25.6 Å². The summed E-state index contributed by atoms with van der Waals surface area (Å²) in [6.07, 6.45) is 1.54. The van der Waals surface area contributed by atoms with Gasteiger partial charge in [0.1, 0.15) is 12.2 Å². The number of nitrogens with one attached hydrogen (secondary N) is 2. The van der Waals surface area contributed by atoms with E-state index in [9.17, 15) is 9.59 Å². The lowest BCUT2D eigenvalue weighted by Crippen LogP contribution is -2.15. The maximum absolute atomic E-state index is 12.5. The molecule has 2 N–H and O–H groups in total. The molecule has 0 bridgehead atoms. The van der Waals surface area contributed by atoms with Crippen LogP contribution in [0.2, 0.25) is 0 Å². The first-order valence-corrected chi connectivity index (χ1v) is 7.18. The van der Waals surface area contributed by atoms with Gasteiger partial charge in [0.2, 0.25) is 5.88 Å². The van der Waals surface area contributed by atoms with Gasteiger partial charge in [-0.3, -0.25) is 9.78 Å². The molecule has 1 amide bonds. The summed E-state index contributed by atoms with van der Waals surface area (Å²) in [6, 6.07) is 8.11. The predicted octanol–water partition coefficient (Wildman–Crippen LogP) is 1.79. The zero-order valence-electron chi connectivity index (χ0n) is 12.9. The molecule has 0 aliphatic rings. The standard InChI is InChI=1S/C16H15N3O5/c1-22-7-8-23-15-11(3-2-6-17-15)14(20)18-10-4-5-13-12(9-10)19-16(21)24-13/h2-6,9H,7-8H2,1H3,(H,18,20)(H,19,21). The summed E-state index contributed by atoms with van der Waals surface area (Å²) < 4.78 is 15.3. The molecule has 3 aromatic rings. The summed E-state index contributed by atoms with van der Waals surface area (Å²) >= 11 is 0. The molecule has 0 aliphatic heterocycles. The Kier molecular flexibility index (Phi) is 4.57. The lowest BCUT2D eigenvalue weighted by Gasteiger charge is -2.10. The molecule has 0 spiro atoms. The van der Waals surface area contributed by atoms with Crippen molar-refractivity contribution in [3.8, 4) is 5.88 Å². The number of oxazole rings is 1. The smallest absolute Gasteiger partial charge is 0.417 e. The molecule has 0 saturated heterocycles. The van der Waals surface area contributed by atoms with Crippen molar-refractivity contribution in [2.24, 2.45) is 0 Å². The lowest BCUT2D eigenvalue weighted by atomic mass is 10.2. The van der Waals surface area contributed by atoms with Crippen LogP contribution >= 0.6 is 0 Å². The number of carbonyl (C=O) groups excluding carboxylic acids is 1. The van der Waals surface area contributed by atoms with E-state index >= 15 is 0 Å². The molecule has 0 saturated carbocycles. The van der Waals surface area contributed by atoms with Crippen LogP contribution < -0.4 is 15.8 Å².